The minimum atomic E-state index is -0.566. The molecule has 0 aliphatic heterocycles. The van der Waals surface area contributed by atoms with Crippen molar-refractivity contribution in [1.82, 2.24) is 9.97 Å². The molecule has 2 heterocycles. The fraction of sp³-hybridized carbons (Fsp3) is 0.533. The van der Waals surface area contributed by atoms with Crippen LogP contribution in [0.25, 0.3) is 11.1 Å². The van der Waals surface area contributed by atoms with Gasteiger partial charge in [0.15, 0.2) is 5.58 Å². The molecule has 21 heavy (non-hydrogen) atoms. The molecule has 1 amide bonds. The molecule has 0 radical (unpaired) electrons. The minimum absolute atomic E-state index is 0.220. The number of nitrogens with zero attached hydrogens (tertiary/aromatic N) is 2. The van der Waals surface area contributed by atoms with Crippen molar-refractivity contribution < 1.29 is 13.9 Å². The molecule has 0 unspecified atom stereocenters. The molecule has 0 aliphatic carbocycles. The SMILES string of the molecule is CC(C)(C)OC(=O)Nc1cncc2nc(C(C)(C)C)oc12. The number of oxazole rings is 1. The quantitative estimate of drug-likeness (QED) is 0.863. The number of aromatic nitrogens is 2. The van der Waals surface area contributed by atoms with E-state index < -0.39 is 11.7 Å². The van der Waals surface area contributed by atoms with Gasteiger partial charge in [-0.15, -0.1) is 0 Å². The predicted molar refractivity (Wildman–Crippen MR) is 80.4 cm³/mol. The Hall–Kier alpha value is -2.11. The van der Waals surface area contributed by atoms with E-state index in [1.807, 2.05) is 20.8 Å². The van der Waals surface area contributed by atoms with Crippen molar-refractivity contribution in [1.29, 1.82) is 0 Å². The largest absolute Gasteiger partial charge is 0.444 e. The summed E-state index contributed by atoms with van der Waals surface area (Å²) in [5, 5.41) is 2.65. The van der Waals surface area contributed by atoms with E-state index in [1.165, 1.54) is 6.20 Å². The Kier molecular flexibility index (Phi) is 3.65. The standard InChI is InChI=1S/C15H21N3O3/c1-14(2,3)12-17-9-7-16-8-10(11(9)20-12)18-13(19)21-15(4,5)6/h7-8H,1-6H3,(H,18,19). The average molecular weight is 291 g/mol. The fourth-order valence-electron chi connectivity index (χ4n) is 1.68. The van der Waals surface area contributed by atoms with Crippen molar-refractivity contribution in [2.24, 2.45) is 0 Å². The monoisotopic (exact) mass is 291 g/mol. The molecule has 1 N–H and O–H groups in total. The Morgan fingerprint density at radius 2 is 1.86 bits per heavy atom. The summed E-state index contributed by atoms with van der Waals surface area (Å²) in [5.74, 6) is 0.595. The molecule has 0 bridgehead atoms. The highest BCUT2D eigenvalue weighted by Crippen LogP contribution is 2.29. The molecular weight excluding hydrogens is 270 g/mol. The molecule has 114 valence electrons. The zero-order valence-electron chi connectivity index (χ0n) is 13.3. The van der Waals surface area contributed by atoms with Crippen LogP contribution in [0.15, 0.2) is 16.8 Å². The van der Waals surface area contributed by atoms with Gasteiger partial charge in [-0.05, 0) is 20.8 Å². The second-order valence-corrected chi connectivity index (χ2v) is 6.93. The van der Waals surface area contributed by atoms with Crippen molar-refractivity contribution in [2.75, 3.05) is 5.32 Å². The van der Waals surface area contributed by atoms with Crippen molar-refractivity contribution in [3.63, 3.8) is 0 Å². The van der Waals surface area contributed by atoms with E-state index in [2.05, 4.69) is 15.3 Å². The normalized spacial score (nSPS) is 12.5. The van der Waals surface area contributed by atoms with Crippen molar-refractivity contribution >= 4 is 22.9 Å². The van der Waals surface area contributed by atoms with E-state index in [-0.39, 0.29) is 5.41 Å². The average Bonchev–Trinajstić information content (AvgIpc) is 2.70. The lowest BCUT2D eigenvalue weighted by Gasteiger charge is -2.19. The molecule has 2 aromatic heterocycles. The molecule has 0 saturated heterocycles. The van der Waals surface area contributed by atoms with E-state index in [1.54, 1.807) is 27.0 Å². The van der Waals surface area contributed by atoms with Gasteiger partial charge in [-0.3, -0.25) is 10.3 Å². The van der Waals surface area contributed by atoms with E-state index >= 15 is 0 Å². The zero-order valence-corrected chi connectivity index (χ0v) is 13.3. The molecule has 0 aliphatic rings. The summed E-state index contributed by atoms with van der Waals surface area (Å²) in [5.41, 5.74) is 0.769. The van der Waals surface area contributed by atoms with Crippen LogP contribution in [0.4, 0.5) is 10.5 Å². The van der Waals surface area contributed by atoms with E-state index in [0.29, 0.717) is 22.7 Å². The van der Waals surface area contributed by atoms with Crippen molar-refractivity contribution in [3.05, 3.63) is 18.3 Å². The van der Waals surface area contributed by atoms with E-state index in [0.717, 1.165) is 0 Å². The number of fused-ring (bicyclic) bond motifs is 1. The summed E-state index contributed by atoms with van der Waals surface area (Å²) in [6.07, 6.45) is 2.57. The van der Waals surface area contributed by atoms with Gasteiger partial charge in [0.05, 0.1) is 12.4 Å². The lowest BCUT2D eigenvalue weighted by atomic mass is 9.97. The number of nitrogens with one attached hydrogen (secondary N) is 1. The third-order valence-corrected chi connectivity index (χ3v) is 2.58. The van der Waals surface area contributed by atoms with Gasteiger partial charge in [-0.25, -0.2) is 9.78 Å². The van der Waals surface area contributed by atoms with Crippen LogP contribution in [0.5, 0.6) is 0 Å². The number of ether oxygens (including phenoxy) is 1. The van der Waals surface area contributed by atoms with Crippen molar-refractivity contribution in [2.45, 2.75) is 52.6 Å². The summed E-state index contributed by atoms with van der Waals surface area (Å²) in [6.45, 7) is 11.4. The maximum Gasteiger partial charge on any atom is 0.412 e. The Morgan fingerprint density at radius 1 is 1.19 bits per heavy atom. The number of amides is 1. The van der Waals surface area contributed by atoms with Crippen LogP contribution in [-0.2, 0) is 10.2 Å². The smallest absolute Gasteiger partial charge is 0.412 e. The fourth-order valence-corrected chi connectivity index (χ4v) is 1.68. The summed E-state index contributed by atoms with van der Waals surface area (Å²) in [7, 11) is 0. The number of carbonyl (C=O) groups excluding carboxylic acids is 1. The number of carbonyl (C=O) groups is 1. The van der Waals surface area contributed by atoms with Gasteiger partial charge in [-0.1, -0.05) is 20.8 Å². The summed E-state index contributed by atoms with van der Waals surface area (Å²) < 4.78 is 11.0. The highest BCUT2D eigenvalue weighted by molar-refractivity contribution is 5.95. The molecule has 0 saturated carbocycles. The third-order valence-electron chi connectivity index (χ3n) is 2.58. The topological polar surface area (TPSA) is 77.2 Å². The number of anilines is 1. The highest BCUT2D eigenvalue weighted by Gasteiger charge is 2.23. The number of rotatable bonds is 1. The molecule has 0 aromatic carbocycles. The molecule has 2 aromatic rings. The lowest BCUT2D eigenvalue weighted by Crippen LogP contribution is -2.27. The number of hydrogen-bond acceptors (Lipinski definition) is 5. The maximum atomic E-state index is 11.9. The Morgan fingerprint density at radius 3 is 2.43 bits per heavy atom. The number of pyridine rings is 1. The molecule has 0 spiro atoms. The van der Waals surface area contributed by atoms with Crippen LogP contribution in [0.1, 0.15) is 47.4 Å². The van der Waals surface area contributed by atoms with Gasteiger partial charge in [-0.2, -0.15) is 0 Å². The van der Waals surface area contributed by atoms with Crippen LogP contribution in [0, 0.1) is 0 Å². The first-order valence-electron chi connectivity index (χ1n) is 6.81. The number of hydrogen-bond donors (Lipinski definition) is 1. The molecule has 6 heteroatoms. The summed E-state index contributed by atoms with van der Waals surface area (Å²) >= 11 is 0. The molecular formula is C15H21N3O3. The van der Waals surface area contributed by atoms with Crippen LogP contribution < -0.4 is 5.32 Å². The Bertz CT molecular complexity index is 663. The highest BCUT2D eigenvalue weighted by atomic mass is 16.6. The van der Waals surface area contributed by atoms with Gasteiger partial charge in [0.25, 0.3) is 0 Å². The predicted octanol–water partition coefficient (Wildman–Crippen LogP) is 3.87. The second kappa shape index (κ2) is 5.02. The zero-order chi connectivity index (χ0) is 15.8. The molecule has 0 fully saturated rings. The van der Waals surface area contributed by atoms with Crippen LogP contribution in [-0.4, -0.2) is 21.7 Å². The lowest BCUT2D eigenvalue weighted by molar-refractivity contribution is 0.0636. The van der Waals surface area contributed by atoms with Crippen LogP contribution in [0.3, 0.4) is 0 Å². The second-order valence-electron chi connectivity index (χ2n) is 6.93. The maximum absolute atomic E-state index is 11.9. The summed E-state index contributed by atoms with van der Waals surface area (Å²) in [6, 6.07) is 0. The van der Waals surface area contributed by atoms with Gasteiger partial charge < -0.3 is 9.15 Å². The van der Waals surface area contributed by atoms with E-state index in [4.69, 9.17) is 9.15 Å². The van der Waals surface area contributed by atoms with Crippen molar-refractivity contribution in [3.8, 4) is 0 Å². The van der Waals surface area contributed by atoms with Gasteiger partial charge >= 0.3 is 6.09 Å². The van der Waals surface area contributed by atoms with Gasteiger partial charge in [0, 0.05) is 5.41 Å². The molecule has 0 atom stereocenters. The first kappa shape index (κ1) is 15.3. The Labute approximate surface area is 123 Å². The molecule has 6 nitrogen and oxygen atoms in total. The first-order chi connectivity index (χ1) is 9.56. The van der Waals surface area contributed by atoms with E-state index in [9.17, 15) is 4.79 Å². The minimum Gasteiger partial charge on any atom is -0.444 e. The first-order valence-corrected chi connectivity index (χ1v) is 6.81. The van der Waals surface area contributed by atoms with Gasteiger partial charge in [0.2, 0.25) is 5.89 Å². The van der Waals surface area contributed by atoms with Gasteiger partial charge in [0.1, 0.15) is 16.8 Å². The van der Waals surface area contributed by atoms with Crippen LogP contribution >= 0.6 is 0 Å². The summed E-state index contributed by atoms with van der Waals surface area (Å²) in [4.78, 5) is 20.3. The van der Waals surface area contributed by atoms with Crippen LogP contribution in [0.2, 0.25) is 0 Å². The third kappa shape index (κ3) is 3.71. The molecule has 2 rings (SSSR count). The Balaban J connectivity index is 2.32.